The van der Waals surface area contributed by atoms with Gasteiger partial charge in [0.1, 0.15) is 0 Å². The van der Waals surface area contributed by atoms with Gasteiger partial charge in [0.25, 0.3) is 0 Å². The average molecular weight is 315 g/mol. The maximum Gasteiger partial charge on any atom is 0.242 e. The minimum Gasteiger partial charge on any atom is -0.289 e. The lowest BCUT2D eigenvalue weighted by molar-refractivity contribution is 0.104. The summed E-state index contributed by atoms with van der Waals surface area (Å²) in [5, 5.41) is 0. The average Bonchev–Trinajstić information content (AvgIpc) is 2.53. The molecule has 0 radical (unpaired) electrons. The van der Waals surface area contributed by atoms with Gasteiger partial charge in [0.15, 0.2) is 5.78 Å². The van der Waals surface area contributed by atoms with Gasteiger partial charge in [-0.2, -0.15) is 0 Å². The maximum atomic E-state index is 12.1. The molecule has 4 nitrogen and oxygen atoms in total. The van der Waals surface area contributed by atoms with Crippen LogP contribution in [0.25, 0.3) is 6.08 Å². The van der Waals surface area contributed by atoms with Gasteiger partial charge >= 0.3 is 0 Å². The van der Waals surface area contributed by atoms with Gasteiger partial charge in [-0.05, 0) is 35.9 Å². The Labute approximate surface area is 130 Å². The Balaban J connectivity index is 2.17. The normalized spacial score (nSPS) is 12.0. The number of sulfonamides is 1. The molecule has 5 heteroatoms. The number of benzene rings is 2. The SMILES string of the molecule is CN(C)S(=O)(=O)c1ccc(C(=O)/C=C/c2ccccc2)cc1. The third-order valence-corrected chi connectivity index (χ3v) is 4.97. The van der Waals surface area contributed by atoms with Gasteiger partial charge in [-0.25, -0.2) is 12.7 Å². The molecule has 0 aromatic heterocycles. The Morgan fingerprint density at radius 2 is 1.55 bits per heavy atom. The van der Waals surface area contributed by atoms with Crippen LogP contribution >= 0.6 is 0 Å². The largest absolute Gasteiger partial charge is 0.289 e. The molecule has 0 bridgehead atoms. The van der Waals surface area contributed by atoms with Crippen molar-refractivity contribution in [1.82, 2.24) is 4.31 Å². The summed E-state index contributed by atoms with van der Waals surface area (Å²) >= 11 is 0. The van der Waals surface area contributed by atoms with Crippen LogP contribution in [-0.4, -0.2) is 32.6 Å². The topological polar surface area (TPSA) is 54.5 Å². The van der Waals surface area contributed by atoms with Crippen molar-refractivity contribution in [3.05, 3.63) is 71.8 Å². The first-order chi connectivity index (χ1) is 10.4. The highest BCUT2D eigenvalue weighted by Gasteiger charge is 2.17. The first-order valence-electron chi connectivity index (χ1n) is 6.71. The molecule has 0 saturated heterocycles. The van der Waals surface area contributed by atoms with Crippen LogP contribution in [0.1, 0.15) is 15.9 Å². The molecule has 0 heterocycles. The number of hydrogen-bond donors (Lipinski definition) is 0. The lowest BCUT2D eigenvalue weighted by atomic mass is 10.1. The third-order valence-electron chi connectivity index (χ3n) is 3.14. The van der Waals surface area contributed by atoms with Gasteiger partial charge < -0.3 is 0 Å². The van der Waals surface area contributed by atoms with Gasteiger partial charge in [0.2, 0.25) is 10.0 Å². The zero-order valence-electron chi connectivity index (χ0n) is 12.4. The van der Waals surface area contributed by atoms with Gasteiger partial charge in [0, 0.05) is 19.7 Å². The van der Waals surface area contributed by atoms with E-state index in [-0.39, 0.29) is 10.7 Å². The lowest BCUT2D eigenvalue weighted by Crippen LogP contribution is -2.22. The minimum atomic E-state index is -3.47. The minimum absolute atomic E-state index is 0.168. The number of nitrogens with zero attached hydrogens (tertiary/aromatic N) is 1. The summed E-state index contributed by atoms with van der Waals surface area (Å²) in [5.41, 5.74) is 1.38. The lowest BCUT2D eigenvalue weighted by Gasteiger charge is -2.11. The monoisotopic (exact) mass is 315 g/mol. The van der Waals surface area contributed by atoms with Crippen LogP contribution in [0, 0.1) is 0 Å². The molecular formula is C17H17NO3S. The number of allylic oxidation sites excluding steroid dienone is 1. The molecule has 0 aliphatic carbocycles. The molecule has 0 unspecified atom stereocenters. The van der Waals surface area contributed by atoms with Crippen molar-refractivity contribution in [1.29, 1.82) is 0 Å². The number of carbonyl (C=O) groups excluding carboxylic acids is 1. The fourth-order valence-electron chi connectivity index (χ4n) is 1.83. The molecule has 0 aliphatic rings. The van der Waals surface area contributed by atoms with Gasteiger partial charge in [-0.3, -0.25) is 4.79 Å². The summed E-state index contributed by atoms with van der Waals surface area (Å²) in [6.45, 7) is 0. The number of carbonyl (C=O) groups is 1. The highest BCUT2D eigenvalue weighted by Crippen LogP contribution is 2.15. The second-order valence-corrected chi connectivity index (χ2v) is 7.07. The highest BCUT2D eigenvalue weighted by atomic mass is 32.2. The summed E-state index contributed by atoms with van der Waals surface area (Å²) in [6.07, 6.45) is 3.21. The van der Waals surface area contributed by atoms with Crippen LogP contribution in [0.4, 0.5) is 0 Å². The van der Waals surface area contributed by atoms with E-state index in [0.717, 1.165) is 9.87 Å². The van der Waals surface area contributed by atoms with Crippen molar-refractivity contribution < 1.29 is 13.2 Å². The molecule has 0 fully saturated rings. The Morgan fingerprint density at radius 1 is 0.955 bits per heavy atom. The molecule has 0 saturated carbocycles. The quantitative estimate of drug-likeness (QED) is 0.630. The van der Waals surface area contributed by atoms with Crippen molar-refractivity contribution in [2.45, 2.75) is 4.90 Å². The van der Waals surface area contributed by atoms with Crippen molar-refractivity contribution in [2.75, 3.05) is 14.1 Å². The molecule has 2 aromatic rings. The molecule has 0 N–H and O–H groups in total. The Bertz CT molecular complexity index is 776. The predicted octanol–water partition coefficient (Wildman–Crippen LogP) is 2.83. The molecule has 0 atom stereocenters. The third kappa shape index (κ3) is 3.69. The fraction of sp³-hybridized carbons (Fsp3) is 0.118. The Kier molecular flexibility index (Phi) is 4.90. The molecular weight excluding hydrogens is 298 g/mol. The van der Waals surface area contributed by atoms with E-state index >= 15 is 0 Å². The van der Waals surface area contributed by atoms with E-state index < -0.39 is 10.0 Å². The summed E-state index contributed by atoms with van der Waals surface area (Å²) < 4.78 is 25.0. The van der Waals surface area contributed by atoms with E-state index in [2.05, 4.69) is 0 Å². The van der Waals surface area contributed by atoms with Crippen molar-refractivity contribution >= 4 is 21.9 Å². The second kappa shape index (κ2) is 6.68. The maximum absolute atomic E-state index is 12.1. The number of hydrogen-bond acceptors (Lipinski definition) is 3. The van der Waals surface area contributed by atoms with Gasteiger partial charge in [-0.15, -0.1) is 0 Å². The summed E-state index contributed by atoms with van der Waals surface area (Å²) in [7, 11) is -0.532. The highest BCUT2D eigenvalue weighted by molar-refractivity contribution is 7.89. The zero-order valence-corrected chi connectivity index (χ0v) is 13.2. The number of rotatable bonds is 5. The zero-order chi connectivity index (χ0) is 16.2. The van der Waals surface area contributed by atoms with E-state index in [1.807, 2.05) is 30.3 Å². The summed E-state index contributed by atoms with van der Waals surface area (Å²) in [4.78, 5) is 12.2. The van der Waals surface area contributed by atoms with Crippen LogP contribution in [0.3, 0.4) is 0 Å². The first-order valence-corrected chi connectivity index (χ1v) is 8.15. The molecule has 114 valence electrons. The summed E-state index contributed by atoms with van der Waals surface area (Å²) in [6, 6.07) is 15.4. The van der Waals surface area contributed by atoms with E-state index in [1.165, 1.54) is 44.4 Å². The number of ketones is 1. The van der Waals surface area contributed by atoms with Gasteiger partial charge in [-0.1, -0.05) is 36.4 Å². The van der Waals surface area contributed by atoms with Crippen LogP contribution in [0.15, 0.2) is 65.6 Å². The van der Waals surface area contributed by atoms with Crippen LogP contribution in [-0.2, 0) is 10.0 Å². The van der Waals surface area contributed by atoms with Crippen LogP contribution in [0.5, 0.6) is 0 Å². The standard InChI is InChI=1S/C17H17NO3S/c1-18(2)22(20,21)16-11-9-15(10-12-16)17(19)13-8-14-6-4-3-5-7-14/h3-13H,1-2H3/b13-8+. The fourth-order valence-corrected chi connectivity index (χ4v) is 2.74. The molecule has 0 aliphatic heterocycles. The Hall–Kier alpha value is -2.24. The van der Waals surface area contributed by atoms with Crippen LogP contribution < -0.4 is 0 Å². The first kappa shape index (κ1) is 16.1. The Morgan fingerprint density at radius 3 is 2.09 bits per heavy atom. The molecule has 22 heavy (non-hydrogen) atoms. The van der Waals surface area contributed by atoms with Gasteiger partial charge in [0.05, 0.1) is 4.90 Å². The van der Waals surface area contributed by atoms with Crippen LogP contribution in [0.2, 0.25) is 0 Å². The van der Waals surface area contributed by atoms with E-state index in [1.54, 1.807) is 6.08 Å². The van der Waals surface area contributed by atoms with E-state index in [4.69, 9.17) is 0 Å². The molecule has 2 aromatic carbocycles. The van der Waals surface area contributed by atoms with Crippen molar-refractivity contribution in [3.63, 3.8) is 0 Å². The predicted molar refractivity (Wildman–Crippen MR) is 87.1 cm³/mol. The van der Waals surface area contributed by atoms with E-state index in [9.17, 15) is 13.2 Å². The summed E-state index contributed by atoms with van der Waals surface area (Å²) in [5.74, 6) is -0.169. The van der Waals surface area contributed by atoms with E-state index in [0.29, 0.717) is 5.56 Å². The molecule has 0 spiro atoms. The van der Waals surface area contributed by atoms with Crippen molar-refractivity contribution in [3.8, 4) is 0 Å². The van der Waals surface area contributed by atoms with Crippen molar-refractivity contribution in [2.24, 2.45) is 0 Å². The smallest absolute Gasteiger partial charge is 0.242 e. The molecule has 0 amide bonds. The second-order valence-electron chi connectivity index (χ2n) is 4.92. The molecule has 2 rings (SSSR count).